The van der Waals surface area contributed by atoms with Crippen LogP contribution in [0.4, 0.5) is 0 Å². The summed E-state index contributed by atoms with van der Waals surface area (Å²) in [6.45, 7) is 2.23. The highest BCUT2D eigenvalue weighted by Gasteiger charge is 2.34. The molecule has 1 heterocycles. The number of thiocarbonyl (C=S) groups is 1. The van der Waals surface area contributed by atoms with Gasteiger partial charge in [0.05, 0.1) is 25.3 Å². The number of nitrogens with one attached hydrogen (secondary N) is 1. The predicted molar refractivity (Wildman–Crippen MR) is 77.0 cm³/mol. The van der Waals surface area contributed by atoms with Crippen LogP contribution < -0.4 is 5.32 Å². The largest absolute Gasteiger partial charge is 0.383 e. The van der Waals surface area contributed by atoms with Crippen molar-refractivity contribution in [2.75, 3.05) is 40.5 Å². The van der Waals surface area contributed by atoms with Gasteiger partial charge in [0.2, 0.25) is 0 Å². The SMILES string of the molecule is COC[C@@H]1CC[C@@H](COC)N1C(=S)NCCN=[N+]=[N-]. The Balaban J connectivity index is 2.55. The Morgan fingerprint density at radius 2 is 1.95 bits per heavy atom. The molecule has 1 fully saturated rings. The molecule has 2 atom stereocenters. The summed E-state index contributed by atoms with van der Waals surface area (Å²) in [6, 6.07) is 0.564. The second-order valence-electron chi connectivity index (χ2n) is 4.39. The molecular formula is C11H21N5O2S. The fraction of sp³-hybridized carbons (Fsp3) is 0.909. The number of ether oxygens (including phenoxy) is 2. The quantitative estimate of drug-likeness (QED) is 0.251. The van der Waals surface area contributed by atoms with E-state index in [0.717, 1.165) is 12.8 Å². The lowest BCUT2D eigenvalue weighted by atomic mass is 10.2. The van der Waals surface area contributed by atoms with Crippen LogP contribution in [0.1, 0.15) is 12.8 Å². The standard InChI is InChI=1S/C11H21N5O2S/c1-17-7-9-3-4-10(8-18-2)16(9)11(19)13-5-6-14-15-12/h9-10H,3-8H2,1-2H3,(H,13,19)/t9-,10-/m0/s1. The van der Waals surface area contributed by atoms with Gasteiger partial charge in [-0.3, -0.25) is 0 Å². The molecule has 1 rings (SSSR count). The molecule has 1 aliphatic heterocycles. The zero-order valence-corrected chi connectivity index (χ0v) is 12.2. The minimum Gasteiger partial charge on any atom is -0.383 e. The van der Waals surface area contributed by atoms with Gasteiger partial charge in [0, 0.05) is 32.2 Å². The third-order valence-corrected chi connectivity index (χ3v) is 3.48. The first kappa shape index (κ1) is 16.0. The molecule has 0 radical (unpaired) electrons. The maximum absolute atomic E-state index is 8.22. The Hall–Kier alpha value is -1.08. The van der Waals surface area contributed by atoms with Crippen molar-refractivity contribution in [2.45, 2.75) is 24.9 Å². The van der Waals surface area contributed by atoms with Gasteiger partial charge < -0.3 is 19.7 Å². The fourth-order valence-corrected chi connectivity index (χ4v) is 2.75. The number of likely N-dealkylation sites (tertiary alicyclic amines) is 1. The molecule has 0 unspecified atom stereocenters. The van der Waals surface area contributed by atoms with E-state index in [9.17, 15) is 0 Å². The Kier molecular flexibility index (Phi) is 7.50. The Morgan fingerprint density at radius 1 is 1.37 bits per heavy atom. The van der Waals surface area contributed by atoms with Crippen LogP contribution in [0.3, 0.4) is 0 Å². The topological polar surface area (TPSA) is 82.5 Å². The van der Waals surface area contributed by atoms with E-state index in [4.69, 9.17) is 27.2 Å². The van der Waals surface area contributed by atoms with Crippen LogP contribution >= 0.6 is 12.2 Å². The van der Waals surface area contributed by atoms with Gasteiger partial charge in [0.25, 0.3) is 0 Å². The Morgan fingerprint density at radius 3 is 2.42 bits per heavy atom. The highest BCUT2D eigenvalue weighted by atomic mass is 32.1. The summed E-state index contributed by atoms with van der Waals surface area (Å²) in [5.41, 5.74) is 8.22. The first-order valence-corrected chi connectivity index (χ1v) is 6.70. The number of nitrogens with zero attached hydrogens (tertiary/aromatic N) is 4. The van der Waals surface area contributed by atoms with Gasteiger partial charge in [0.1, 0.15) is 0 Å². The molecule has 1 aliphatic rings. The second kappa shape index (κ2) is 8.92. The number of hydrogen-bond donors (Lipinski definition) is 1. The van der Waals surface area contributed by atoms with Gasteiger partial charge in [-0.15, -0.1) is 0 Å². The first-order valence-electron chi connectivity index (χ1n) is 6.29. The van der Waals surface area contributed by atoms with E-state index < -0.39 is 0 Å². The van der Waals surface area contributed by atoms with E-state index in [1.807, 2.05) is 0 Å². The van der Waals surface area contributed by atoms with Gasteiger partial charge in [-0.2, -0.15) is 0 Å². The van der Waals surface area contributed by atoms with Gasteiger partial charge in [-0.05, 0) is 30.6 Å². The van der Waals surface area contributed by atoms with Gasteiger partial charge in [0.15, 0.2) is 5.11 Å². The van der Waals surface area contributed by atoms with Crippen molar-refractivity contribution >= 4 is 17.3 Å². The van der Waals surface area contributed by atoms with E-state index in [1.165, 1.54) is 0 Å². The van der Waals surface area contributed by atoms with E-state index in [0.29, 0.717) is 31.4 Å². The molecule has 8 heteroatoms. The molecule has 108 valence electrons. The van der Waals surface area contributed by atoms with Gasteiger partial charge >= 0.3 is 0 Å². The zero-order chi connectivity index (χ0) is 14.1. The van der Waals surface area contributed by atoms with E-state index in [1.54, 1.807) is 14.2 Å². The maximum Gasteiger partial charge on any atom is 0.169 e. The zero-order valence-electron chi connectivity index (χ0n) is 11.4. The van der Waals surface area contributed by atoms with Crippen LogP contribution in [-0.2, 0) is 9.47 Å². The van der Waals surface area contributed by atoms with Gasteiger partial charge in [-0.25, -0.2) is 0 Å². The van der Waals surface area contributed by atoms with Crippen molar-refractivity contribution < 1.29 is 9.47 Å². The summed E-state index contributed by atoms with van der Waals surface area (Å²) < 4.78 is 10.5. The Labute approximate surface area is 118 Å². The number of azide groups is 1. The van der Waals surface area contributed by atoms with Crippen molar-refractivity contribution in [3.05, 3.63) is 10.4 Å². The lowest BCUT2D eigenvalue weighted by Crippen LogP contribution is -2.50. The molecule has 7 nitrogen and oxygen atoms in total. The average molecular weight is 287 g/mol. The highest BCUT2D eigenvalue weighted by Crippen LogP contribution is 2.24. The molecule has 0 saturated carbocycles. The highest BCUT2D eigenvalue weighted by molar-refractivity contribution is 7.80. The molecule has 1 N–H and O–H groups in total. The third kappa shape index (κ3) is 4.83. The van der Waals surface area contributed by atoms with Crippen molar-refractivity contribution in [1.82, 2.24) is 10.2 Å². The number of methoxy groups -OCH3 is 2. The number of hydrogen-bond acceptors (Lipinski definition) is 4. The summed E-state index contributed by atoms with van der Waals surface area (Å²) >= 11 is 5.41. The molecule has 0 aromatic rings. The van der Waals surface area contributed by atoms with Crippen LogP contribution in [0.15, 0.2) is 5.11 Å². The third-order valence-electron chi connectivity index (χ3n) is 3.12. The van der Waals surface area contributed by atoms with Crippen LogP contribution in [-0.4, -0.2) is 62.6 Å². The van der Waals surface area contributed by atoms with Crippen LogP contribution in [0, 0.1) is 0 Å². The lowest BCUT2D eigenvalue weighted by molar-refractivity contribution is 0.103. The molecule has 0 spiro atoms. The second-order valence-corrected chi connectivity index (χ2v) is 4.78. The average Bonchev–Trinajstić information content (AvgIpc) is 2.78. The predicted octanol–water partition coefficient (Wildman–Crippen LogP) is 1.30. The lowest BCUT2D eigenvalue weighted by Gasteiger charge is -2.32. The monoisotopic (exact) mass is 287 g/mol. The van der Waals surface area contributed by atoms with E-state index >= 15 is 0 Å². The van der Waals surface area contributed by atoms with Crippen LogP contribution in [0.25, 0.3) is 10.4 Å². The Bertz CT molecular complexity index is 321. The summed E-state index contributed by atoms with van der Waals surface area (Å²) in [5, 5.41) is 7.26. The van der Waals surface area contributed by atoms with Crippen molar-refractivity contribution in [1.29, 1.82) is 0 Å². The van der Waals surface area contributed by atoms with Crippen molar-refractivity contribution in [3.8, 4) is 0 Å². The van der Waals surface area contributed by atoms with E-state index in [2.05, 4.69) is 20.2 Å². The number of rotatable bonds is 7. The maximum atomic E-state index is 8.22. The smallest absolute Gasteiger partial charge is 0.169 e. The van der Waals surface area contributed by atoms with Crippen LogP contribution in [0.5, 0.6) is 0 Å². The van der Waals surface area contributed by atoms with Crippen LogP contribution in [0.2, 0.25) is 0 Å². The molecule has 0 bridgehead atoms. The summed E-state index contributed by atoms with van der Waals surface area (Å²) in [5.74, 6) is 0. The summed E-state index contributed by atoms with van der Waals surface area (Å²) in [7, 11) is 3.39. The molecule has 0 aromatic heterocycles. The molecule has 0 amide bonds. The molecule has 1 saturated heterocycles. The molecule has 19 heavy (non-hydrogen) atoms. The fourth-order valence-electron chi connectivity index (χ4n) is 2.35. The first-order chi connectivity index (χ1) is 9.24. The van der Waals surface area contributed by atoms with E-state index in [-0.39, 0.29) is 12.1 Å². The molecule has 0 aromatic carbocycles. The summed E-state index contributed by atoms with van der Waals surface area (Å²) in [4.78, 5) is 4.86. The summed E-state index contributed by atoms with van der Waals surface area (Å²) in [6.07, 6.45) is 2.08. The normalized spacial score (nSPS) is 22.1. The van der Waals surface area contributed by atoms with Crippen molar-refractivity contribution in [3.63, 3.8) is 0 Å². The van der Waals surface area contributed by atoms with Crippen molar-refractivity contribution in [2.24, 2.45) is 5.11 Å². The minimum absolute atomic E-state index is 0.282. The minimum atomic E-state index is 0.282. The van der Waals surface area contributed by atoms with Gasteiger partial charge in [-0.1, -0.05) is 5.11 Å². The molecule has 0 aliphatic carbocycles. The molecular weight excluding hydrogens is 266 g/mol.